The van der Waals surface area contributed by atoms with Crippen LogP contribution in [0.4, 0.5) is 0 Å². The minimum atomic E-state index is -0.0298. The van der Waals surface area contributed by atoms with Gasteiger partial charge in [0.15, 0.2) is 5.65 Å². The van der Waals surface area contributed by atoms with Gasteiger partial charge in [0.25, 0.3) is 5.56 Å². The van der Waals surface area contributed by atoms with E-state index in [0.717, 1.165) is 47.8 Å². The summed E-state index contributed by atoms with van der Waals surface area (Å²) in [6, 6.07) is 17.6. The van der Waals surface area contributed by atoms with E-state index in [1.54, 1.807) is 11.8 Å². The number of aromatic nitrogens is 3. The van der Waals surface area contributed by atoms with Crippen molar-refractivity contribution in [2.24, 2.45) is 0 Å². The fraction of sp³-hybridized carbons (Fsp3) is 0.217. The molecule has 3 heterocycles. The molecule has 2 aromatic heterocycles. The molecule has 0 saturated carbocycles. The van der Waals surface area contributed by atoms with Crippen LogP contribution in [0.1, 0.15) is 12.8 Å². The molecule has 0 unspecified atom stereocenters. The van der Waals surface area contributed by atoms with Gasteiger partial charge in [-0.25, -0.2) is 14.2 Å². The summed E-state index contributed by atoms with van der Waals surface area (Å²) in [5.74, 6) is 0.793. The lowest BCUT2D eigenvalue weighted by atomic mass is 10.1. The van der Waals surface area contributed by atoms with Crippen molar-refractivity contribution in [2.75, 3.05) is 20.7 Å². The quantitative estimate of drug-likeness (QED) is 0.543. The highest BCUT2D eigenvalue weighted by Gasteiger charge is 2.23. The van der Waals surface area contributed by atoms with Crippen LogP contribution in [0.3, 0.4) is 0 Å². The molecule has 6 heteroatoms. The van der Waals surface area contributed by atoms with E-state index in [2.05, 4.69) is 9.88 Å². The van der Waals surface area contributed by atoms with Crippen LogP contribution in [-0.2, 0) is 0 Å². The fourth-order valence-electron chi connectivity index (χ4n) is 4.15. The van der Waals surface area contributed by atoms with Crippen LogP contribution >= 0.6 is 0 Å². The molecule has 0 atom stereocenters. The maximum absolute atomic E-state index is 13.6. The van der Waals surface area contributed by atoms with E-state index in [-0.39, 0.29) is 5.56 Å². The second-order valence-electron chi connectivity index (χ2n) is 7.31. The Morgan fingerprint density at radius 1 is 1.03 bits per heavy atom. The molecule has 0 spiro atoms. The molecule has 0 radical (unpaired) electrons. The van der Waals surface area contributed by atoms with E-state index in [1.165, 1.54) is 0 Å². The number of fused-ring (bicyclic) bond motifs is 1. The maximum Gasteiger partial charge on any atom is 0.283 e. The molecule has 1 aliphatic heterocycles. The molecule has 0 aliphatic carbocycles. The Morgan fingerprint density at radius 3 is 2.45 bits per heavy atom. The summed E-state index contributed by atoms with van der Waals surface area (Å²) in [6.07, 6.45) is 3.79. The van der Waals surface area contributed by atoms with Crippen molar-refractivity contribution in [3.8, 4) is 22.7 Å². The number of methoxy groups -OCH3 is 1. The second-order valence-corrected chi connectivity index (χ2v) is 7.31. The molecule has 1 aliphatic rings. The lowest BCUT2D eigenvalue weighted by Crippen LogP contribution is -2.32. The van der Waals surface area contributed by atoms with Crippen molar-refractivity contribution < 1.29 is 4.74 Å². The minimum Gasteiger partial charge on any atom is -0.497 e. The van der Waals surface area contributed by atoms with Gasteiger partial charge in [0, 0.05) is 24.9 Å². The maximum atomic E-state index is 13.6. The standard InChI is InChI=1S/C23H22N4O2/c1-25-14-6-9-19(25)21-22-24-15-20(16-10-12-18(29-2)13-11-16)27(22)26(23(21)28)17-7-4-3-5-8-17/h3-5,7-8,10-13,15H,6,9,14H2,1-2H3. The van der Waals surface area contributed by atoms with Crippen molar-refractivity contribution >= 4 is 11.3 Å². The van der Waals surface area contributed by atoms with Crippen molar-refractivity contribution in [1.29, 1.82) is 0 Å². The van der Waals surface area contributed by atoms with Gasteiger partial charge in [-0.15, -0.1) is 0 Å². The van der Waals surface area contributed by atoms with Gasteiger partial charge < -0.3 is 9.64 Å². The number of benzene rings is 2. The van der Waals surface area contributed by atoms with Crippen LogP contribution in [0, 0.1) is 0 Å². The van der Waals surface area contributed by atoms with Crippen molar-refractivity contribution in [1.82, 2.24) is 19.1 Å². The van der Waals surface area contributed by atoms with Crippen LogP contribution in [0.15, 0.2) is 65.6 Å². The predicted octanol–water partition coefficient (Wildman–Crippen LogP) is 2.71. The number of imidazole rings is 1. The van der Waals surface area contributed by atoms with Crippen LogP contribution in [0.5, 0.6) is 5.75 Å². The molecule has 29 heavy (non-hydrogen) atoms. The summed E-state index contributed by atoms with van der Waals surface area (Å²) < 4.78 is 8.95. The van der Waals surface area contributed by atoms with Gasteiger partial charge in [0.1, 0.15) is 11.0 Å². The molecule has 4 aromatic rings. The average molecular weight is 386 g/mol. The number of likely N-dealkylation sites (tertiary alicyclic amines) is 1. The van der Waals surface area contributed by atoms with Crippen LogP contribution in [0.2, 0.25) is 0 Å². The van der Waals surface area contributed by atoms with Gasteiger partial charge in [-0.2, -0.15) is 0 Å². The Morgan fingerprint density at radius 2 is 1.79 bits per heavy atom. The predicted molar refractivity (Wildman–Crippen MR) is 113 cm³/mol. The topological polar surface area (TPSA) is 51.8 Å². The summed E-state index contributed by atoms with van der Waals surface area (Å²) in [5, 5.41) is 0.702. The molecular weight excluding hydrogens is 364 g/mol. The van der Waals surface area contributed by atoms with Gasteiger partial charge in [0.05, 0.1) is 24.7 Å². The highest BCUT2D eigenvalue weighted by molar-refractivity contribution is 5.67. The summed E-state index contributed by atoms with van der Waals surface area (Å²) in [7, 11) is 3.70. The Bertz CT molecular complexity index is 1290. The van der Waals surface area contributed by atoms with Gasteiger partial charge in [-0.1, -0.05) is 18.2 Å². The van der Waals surface area contributed by atoms with Gasteiger partial charge >= 0.3 is 0 Å². The Balaban J connectivity index is 1.87. The molecule has 0 bridgehead atoms. The first kappa shape index (κ1) is 17.6. The Kier molecular flexibility index (Phi) is 4.12. The number of rotatable bonds is 3. The molecule has 0 amide bonds. The van der Waals surface area contributed by atoms with Gasteiger partial charge in [0.2, 0.25) is 0 Å². The normalized spacial score (nSPS) is 16.0. The van der Waals surface area contributed by atoms with Crippen molar-refractivity contribution in [3.05, 3.63) is 76.4 Å². The largest absolute Gasteiger partial charge is 0.497 e. The Labute approximate surface area is 168 Å². The van der Waals surface area contributed by atoms with Crippen molar-refractivity contribution in [2.45, 2.75) is 12.8 Å². The van der Waals surface area contributed by atoms with Gasteiger partial charge in [-0.3, -0.25) is 4.79 Å². The molecular formula is C23H22N4O2. The highest BCUT2D eigenvalue weighted by atomic mass is 16.5. The molecule has 146 valence electrons. The average Bonchev–Trinajstić information content (AvgIpc) is 3.43. The van der Waals surface area contributed by atoms with E-state index in [9.17, 15) is 4.79 Å². The monoisotopic (exact) mass is 386 g/mol. The van der Waals surface area contributed by atoms with Crippen molar-refractivity contribution in [3.63, 3.8) is 0 Å². The molecule has 1 saturated heterocycles. The smallest absolute Gasteiger partial charge is 0.283 e. The van der Waals surface area contributed by atoms with E-state index >= 15 is 0 Å². The number of hydrogen-bond donors (Lipinski definition) is 0. The second kappa shape index (κ2) is 6.81. The highest BCUT2D eigenvalue weighted by Crippen LogP contribution is 2.24. The molecule has 5 rings (SSSR count). The van der Waals surface area contributed by atoms with Crippen LogP contribution in [-0.4, -0.2) is 39.8 Å². The third-order valence-electron chi connectivity index (χ3n) is 5.61. The third-order valence-corrected chi connectivity index (χ3v) is 5.61. The van der Waals surface area contributed by atoms with E-state index in [1.807, 2.05) is 72.4 Å². The van der Waals surface area contributed by atoms with Crippen LogP contribution < -0.4 is 15.5 Å². The molecule has 0 N–H and O–H groups in total. The first-order valence-electron chi connectivity index (χ1n) is 9.75. The summed E-state index contributed by atoms with van der Waals surface area (Å²) in [6.45, 7) is 0.962. The first-order chi connectivity index (χ1) is 14.2. The Hall–Kier alpha value is -3.54. The number of hydrogen-bond acceptors (Lipinski definition) is 4. The lowest BCUT2D eigenvalue weighted by molar-refractivity contribution is 0.415. The zero-order valence-corrected chi connectivity index (χ0v) is 16.5. The number of para-hydroxylation sites is 1. The van der Waals surface area contributed by atoms with Gasteiger partial charge in [-0.05, 0) is 49.2 Å². The summed E-state index contributed by atoms with van der Waals surface area (Å²) in [5.41, 5.74) is 4.41. The van der Waals surface area contributed by atoms with E-state index in [4.69, 9.17) is 4.74 Å². The SMILES string of the molecule is COc1ccc(-c2cnc3c(=C4CCCN4C)c(=O)n(-c4ccccc4)n23)cc1. The summed E-state index contributed by atoms with van der Waals surface area (Å²) in [4.78, 5) is 20.5. The third kappa shape index (κ3) is 2.71. The van der Waals surface area contributed by atoms with E-state index < -0.39 is 0 Å². The zero-order valence-electron chi connectivity index (χ0n) is 16.5. The molecule has 6 nitrogen and oxygen atoms in total. The summed E-state index contributed by atoms with van der Waals surface area (Å²) >= 11 is 0. The van der Waals surface area contributed by atoms with Crippen LogP contribution in [0.25, 0.3) is 28.3 Å². The minimum absolute atomic E-state index is 0.0298. The number of ether oxygens (including phenoxy) is 1. The number of nitrogens with zero attached hydrogens (tertiary/aromatic N) is 4. The van der Waals surface area contributed by atoms with E-state index in [0.29, 0.717) is 10.9 Å². The molecule has 2 aromatic carbocycles. The lowest BCUT2D eigenvalue weighted by Gasteiger charge is -2.10. The zero-order chi connectivity index (χ0) is 20.0. The molecule has 1 fully saturated rings. The first-order valence-corrected chi connectivity index (χ1v) is 9.75. The fourth-order valence-corrected chi connectivity index (χ4v) is 4.15.